The lowest BCUT2D eigenvalue weighted by atomic mass is 10.2. The topological polar surface area (TPSA) is 75.1 Å². The highest BCUT2D eigenvalue weighted by Crippen LogP contribution is 2.16. The van der Waals surface area contributed by atoms with Crippen LogP contribution in [-0.4, -0.2) is 45.6 Å². The van der Waals surface area contributed by atoms with Crippen molar-refractivity contribution >= 4 is 29.3 Å². The summed E-state index contributed by atoms with van der Waals surface area (Å²) in [5, 5.41) is 11.7. The molecule has 1 heterocycles. The summed E-state index contributed by atoms with van der Waals surface area (Å²) < 4.78 is 0. The van der Waals surface area contributed by atoms with Gasteiger partial charge in [-0.25, -0.2) is 9.97 Å². The molecule has 1 aromatic heterocycles. The second kappa shape index (κ2) is 9.15. The number of thioether (sulfide) groups is 1. The maximum atomic E-state index is 12.0. The summed E-state index contributed by atoms with van der Waals surface area (Å²) in [5.74, 6) is 2.16. The van der Waals surface area contributed by atoms with Crippen LogP contribution in [0.2, 0.25) is 5.02 Å². The van der Waals surface area contributed by atoms with Gasteiger partial charge >= 0.3 is 0 Å². The van der Waals surface area contributed by atoms with E-state index in [1.807, 2.05) is 13.8 Å². The number of aliphatic hydroxyl groups is 1. The fraction of sp³-hybridized carbons (Fsp3) is 0.615. The molecule has 1 aromatic rings. The third-order valence-corrected chi connectivity index (χ3v) is 3.82. The standard InChI is InChI=1S/C13H20ClN3O2S/c1-9(2)12-16-8-10(14)11(17-12)13(19)15-4-7-20-6-3-5-18/h8-9,18H,3-7H2,1-2H3,(H,15,19). The Labute approximate surface area is 128 Å². The number of carbonyl (C=O) groups is 1. The van der Waals surface area contributed by atoms with Gasteiger partial charge in [-0.2, -0.15) is 11.8 Å². The van der Waals surface area contributed by atoms with Crippen LogP contribution in [0.15, 0.2) is 6.20 Å². The first kappa shape index (κ1) is 17.2. The minimum atomic E-state index is -0.276. The summed E-state index contributed by atoms with van der Waals surface area (Å²) in [6.07, 6.45) is 2.24. The highest BCUT2D eigenvalue weighted by Gasteiger charge is 2.14. The molecule has 0 bridgehead atoms. The van der Waals surface area contributed by atoms with Crippen molar-refractivity contribution in [3.05, 3.63) is 22.7 Å². The number of aromatic nitrogens is 2. The minimum absolute atomic E-state index is 0.146. The van der Waals surface area contributed by atoms with E-state index in [1.54, 1.807) is 11.8 Å². The summed E-state index contributed by atoms with van der Waals surface area (Å²) in [7, 11) is 0. The smallest absolute Gasteiger partial charge is 0.271 e. The molecule has 0 aliphatic carbocycles. The van der Waals surface area contributed by atoms with E-state index >= 15 is 0 Å². The number of nitrogens with zero attached hydrogens (tertiary/aromatic N) is 2. The van der Waals surface area contributed by atoms with Crippen LogP contribution in [0.1, 0.15) is 42.5 Å². The second-order valence-corrected chi connectivity index (χ2v) is 6.16. The van der Waals surface area contributed by atoms with Crippen LogP contribution in [0.3, 0.4) is 0 Å². The molecule has 0 spiro atoms. The van der Waals surface area contributed by atoms with Gasteiger partial charge in [0.15, 0.2) is 0 Å². The van der Waals surface area contributed by atoms with Crippen molar-refractivity contribution in [2.24, 2.45) is 0 Å². The maximum Gasteiger partial charge on any atom is 0.271 e. The first-order chi connectivity index (χ1) is 9.56. The Morgan fingerprint density at radius 2 is 2.25 bits per heavy atom. The summed E-state index contributed by atoms with van der Waals surface area (Å²) in [5.41, 5.74) is 0.228. The van der Waals surface area contributed by atoms with Gasteiger partial charge in [-0.1, -0.05) is 25.4 Å². The molecule has 1 rings (SSSR count). The molecule has 2 N–H and O–H groups in total. The molecule has 0 aromatic carbocycles. The fourth-order valence-electron chi connectivity index (χ4n) is 1.41. The van der Waals surface area contributed by atoms with Gasteiger partial charge in [0.2, 0.25) is 0 Å². The van der Waals surface area contributed by atoms with Crippen molar-refractivity contribution < 1.29 is 9.90 Å². The molecular weight excluding hydrogens is 298 g/mol. The molecule has 7 heteroatoms. The number of hydrogen-bond acceptors (Lipinski definition) is 5. The van der Waals surface area contributed by atoms with Gasteiger partial charge in [0, 0.05) is 24.8 Å². The lowest BCUT2D eigenvalue weighted by Gasteiger charge is -2.08. The molecule has 0 fully saturated rings. The summed E-state index contributed by atoms with van der Waals surface area (Å²) in [6, 6.07) is 0. The van der Waals surface area contributed by atoms with Crippen LogP contribution < -0.4 is 5.32 Å². The Bertz CT molecular complexity index is 444. The van der Waals surface area contributed by atoms with E-state index in [0.717, 1.165) is 17.9 Å². The molecule has 0 saturated heterocycles. The summed E-state index contributed by atoms with van der Waals surface area (Å²) >= 11 is 7.65. The molecule has 0 aliphatic heterocycles. The number of nitrogens with one attached hydrogen (secondary N) is 1. The third kappa shape index (κ3) is 5.64. The normalized spacial score (nSPS) is 10.8. The highest BCUT2D eigenvalue weighted by molar-refractivity contribution is 7.99. The van der Waals surface area contributed by atoms with Crippen LogP contribution in [0.5, 0.6) is 0 Å². The highest BCUT2D eigenvalue weighted by atomic mass is 35.5. The number of amides is 1. The van der Waals surface area contributed by atoms with E-state index in [0.29, 0.717) is 12.4 Å². The minimum Gasteiger partial charge on any atom is -0.396 e. The van der Waals surface area contributed by atoms with Crippen molar-refractivity contribution in [1.29, 1.82) is 0 Å². The quantitative estimate of drug-likeness (QED) is 0.718. The molecule has 0 atom stereocenters. The lowest BCUT2D eigenvalue weighted by molar-refractivity contribution is 0.0951. The van der Waals surface area contributed by atoms with Gasteiger partial charge < -0.3 is 10.4 Å². The van der Waals surface area contributed by atoms with E-state index in [-0.39, 0.29) is 29.1 Å². The van der Waals surface area contributed by atoms with Crippen molar-refractivity contribution in [2.45, 2.75) is 26.2 Å². The van der Waals surface area contributed by atoms with E-state index in [2.05, 4.69) is 15.3 Å². The number of aliphatic hydroxyl groups excluding tert-OH is 1. The molecule has 20 heavy (non-hydrogen) atoms. The van der Waals surface area contributed by atoms with Gasteiger partial charge in [-0.05, 0) is 12.2 Å². The van der Waals surface area contributed by atoms with E-state index < -0.39 is 0 Å². The molecule has 0 aliphatic rings. The third-order valence-electron chi connectivity index (χ3n) is 2.47. The first-order valence-electron chi connectivity index (χ1n) is 6.55. The average Bonchev–Trinajstić information content (AvgIpc) is 2.42. The van der Waals surface area contributed by atoms with Crippen LogP contribution in [0, 0.1) is 0 Å². The van der Waals surface area contributed by atoms with Gasteiger partial charge in [0.05, 0.1) is 11.2 Å². The first-order valence-corrected chi connectivity index (χ1v) is 8.08. The van der Waals surface area contributed by atoms with Crippen molar-refractivity contribution in [3.8, 4) is 0 Å². The second-order valence-electron chi connectivity index (χ2n) is 4.52. The zero-order chi connectivity index (χ0) is 15.0. The Morgan fingerprint density at radius 3 is 2.90 bits per heavy atom. The number of hydrogen-bond donors (Lipinski definition) is 2. The van der Waals surface area contributed by atoms with Gasteiger partial charge in [0.25, 0.3) is 5.91 Å². The monoisotopic (exact) mass is 317 g/mol. The molecule has 112 valence electrons. The average molecular weight is 318 g/mol. The molecule has 0 saturated carbocycles. The number of rotatable bonds is 8. The van der Waals surface area contributed by atoms with Crippen molar-refractivity contribution in [2.75, 3.05) is 24.7 Å². The number of halogens is 1. The fourth-order valence-corrected chi connectivity index (χ4v) is 2.37. The van der Waals surface area contributed by atoms with E-state index in [4.69, 9.17) is 16.7 Å². The zero-order valence-corrected chi connectivity index (χ0v) is 13.3. The van der Waals surface area contributed by atoms with Gasteiger partial charge in [-0.3, -0.25) is 4.79 Å². The Balaban J connectivity index is 2.48. The van der Waals surface area contributed by atoms with E-state index in [9.17, 15) is 4.79 Å². The summed E-state index contributed by atoms with van der Waals surface area (Å²) in [6.45, 7) is 4.67. The largest absolute Gasteiger partial charge is 0.396 e. The maximum absolute atomic E-state index is 12.0. The zero-order valence-electron chi connectivity index (χ0n) is 11.7. The molecule has 0 radical (unpaired) electrons. The van der Waals surface area contributed by atoms with Crippen LogP contribution in [0.4, 0.5) is 0 Å². The molecular formula is C13H20ClN3O2S. The van der Waals surface area contributed by atoms with Crippen LogP contribution in [-0.2, 0) is 0 Å². The number of carbonyl (C=O) groups excluding carboxylic acids is 1. The van der Waals surface area contributed by atoms with Crippen molar-refractivity contribution in [1.82, 2.24) is 15.3 Å². The molecule has 1 amide bonds. The predicted octanol–water partition coefficient (Wildman–Crippen LogP) is 2.10. The van der Waals surface area contributed by atoms with Gasteiger partial charge in [0.1, 0.15) is 11.5 Å². The van der Waals surface area contributed by atoms with Gasteiger partial charge in [-0.15, -0.1) is 0 Å². The Morgan fingerprint density at radius 1 is 1.50 bits per heavy atom. The Hall–Kier alpha value is -0.850. The van der Waals surface area contributed by atoms with Crippen LogP contribution in [0.25, 0.3) is 0 Å². The lowest BCUT2D eigenvalue weighted by Crippen LogP contribution is -2.27. The molecule has 5 nitrogen and oxygen atoms in total. The Kier molecular flexibility index (Phi) is 7.87. The van der Waals surface area contributed by atoms with Crippen molar-refractivity contribution in [3.63, 3.8) is 0 Å². The van der Waals surface area contributed by atoms with Crippen LogP contribution >= 0.6 is 23.4 Å². The van der Waals surface area contributed by atoms with E-state index in [1.165, 1.54) is 6.20 Å². The predicted molar refractivity (Wildman–Crippen MR) is 82.5 cm³/mol. The summed E-state index contributed by atoms with van der Waals surface area (Å²) in [4.78, 5) is 20.3. The molecule has 0 unspecified atom stereocenters. The SMILES string of the molecule is CC(C)c1ncc(Cl)c(C(=O)NCCSCCCO)n1.